The molecular formula is C11H13NO2. The molecule has 2 rings (SSSR count). The van der Waals surface area contributed by atoms with Crippen molar-refractivity contribution >= 4 is 5.97 Å². The average molecular weight is 191 g/mol. The van der Waals surface area contributed by atoms with Gasteiger partial charge in [-0.25, -0.2) is 0 Å². The van der Waals surface area contributed by atoms with Gasteiger partial charge < -0.3 is 10.1 Å². The van der Waals surface area contributed by atoms with E-state index in [1.807, 2.05) is 12.1 Å². The van der Waals surface area contributed by atoms with Gasteiger partial charge >= 0.3 is 5.97 Å². The molecule has 74 valence electrons. The summed E-state index contributed by atoms with van der Waals surface area (Å²) in [6, 6.07) is 5.86. The van der Waals surface area contributed by atoms with Crippen LogP contribution in [0.5, 0.6) is 5.75 Å². The summed E-state index contributed by atoms with van der Waals surface area (Å²) in [6.45, 7) is 3.21. The van der Waals surface area contributed by atoms with E-state index in [-0.39, 0.29) is 5.97 Å². The highest BCUT2D eigenvalue weighted by Crippen LogP contribution is 2.24. The molecule has 0 unspecified atom stereocenters. The Hall–Kier alpha value is -1.35. The molecule has 1 N–H and O–H groups in total. The smallest absolute Gasteiger partial charge is 0.308 e. The van der Waals surface area contributed by atoms with Crippen molar-refractivity contribution in [2.45, 2.75) is 19.9 Å². The van der Waals surface area contributed by atoms with Crippen LogP contribution in [-0.4, -0.2) is 12.5 Å². The first-order valence-corrected chi connectivity index (χ1v) is 4.77. The van der Waals surface area contributed by atoms with Crippen molar-refractivity contribution in [3.63, 3.8) is 0 Å². The SMILES string of the molecule is CC(=O)Oc1cccc2c1CNCC2. The molecule has 0 saturated heterocycles. The Morgan fingerprint density at radius 1 is 1.50 bits per heavy atom. The largest absolute Gasteiger partial charge is 0.426 e. The first kappa shape index (κ1) is 9.21. The number of ether oxygens (including phenoxy) is 1. The van der Waals surface area contributed by atoms with Gasteiger partial charge in [0.15, 0.2) is 0 Å². The van der Waals surface area contributed by atoms with Crippen molar-refractivity contribution in [3.05, 3.63) is 29.3 Å². The number of fused-ring (bicyclic) bond motifs is 1. The monoisotopic (exact) mass is 191 g/mol. The number of nitrogens with one attached hydrogen (secondary N) is 1. The number of esters is 1. The van der Waals surface area contributed by atoms with E-state index in [9.17, 15) is 4.79 Å². The van der Waals surface area contributed by atoms with Gasteiger partial charge in [0, 0.05) is 19.0 Å². The number of carbonyl (C=O) groups is 1. The van der Waals surface area contributed by atoms with E-state index in [0.29, 0.717) is 5.75 Å². The average Bonchev–Trinajstić information content (AvgIpc) is 2.18. The van der Waals surface area contributed by atoms with E-state index < -0.39 is 0 Å². The highest BCUT2D eigenvalue weighted by molar-refractivity contribution is 5.70. The van der Waals surface area contributed by atoms with Gasteiger partial charge in [-0.15, -0.1) is 0 Å². The van der Waals surface area contributed by atoms with Crippen molar-refractivity contribution in [2.75, 3.05) is 6.54 Å². The Labute approximate surface area is 83.1 Å². The molecule has 0 fully saturated rings. The predicted octanol–water partition coefficient (Wildman–Crippen LogP) is 1.26. The molecule has 0 atom stereocenters. The van der Waals surface area contributed by atoms with Gasteiger partial charge in [-0.3, -0.25) is 4.79 Å². The maximum atomic E-state index is 10.9. The third-order valence-electron chi connectivity index (χ3n) is 2.36. The van der Waals surface area contributed by atoms with Crippen LogP contribution in [0.2, 0.25) is 0 Å². The summed E-state index contributed by atoms with van der Waals surface area (Å²) in [5, 5.41) is 3.26. The second-order valence-electron chi connectivity index (χ2n) is 3.41. The van der Waals surface area contributed by atoms with Crippen LogP contribution in [0.3, 0.4) is 0 Å². The van der Waals surface area contributed by atoms with Gasteiger partial charge in [0.2, 0.25) is 0 Å². The van der Waals surface area contributed by atoms with E-state index >= 15 is 0 Å². The van der Waals surface area contributed by atoms with E-state index in [0.717, 1.165) is 25.1 Å². The molecule has 0 amide bonds. The van der Waals surface area contributed by atoms with Crippen LogP contribution < -0.4 is 10.1 Å². The van der Waals surface area contributed by atoms with Crippen molar-refractivity contribution < 1.29 is 9.53 Å². The molecule has 1 aromatic carbocycles. The minimum absolute atomic E-state index is 0.260. The van der Waals surface area contributed by atoms with Crippen LogP contribution in [0.15, 0.2) is 18.2 Å². The standard InChI is InChI=1S/C11H13NO2/c1-8(13)14-11-4-2-3-9-5-6-12-7-10(9)11/h2-4,12H,5-7H2,1H3. The minimum atomic E-state index is -0.260. The van der Waals surface area contributed by atoms with Crippen LogP contribution in [0.4, 0.5) is 0 Å². The molecule has 1 aromatic rings. The maximum Gasteiger partial charge on any atom is 0.308 e. The first-order chi connectivity index (χ1) is 6.77. The minimum Gasteiger partial charge on any atom is -0.426 e. The molecule has 3 nitrogen and oxygen atoms in total. The molecule has 1 aliphatic heterocycles. The topological polar surface area (TPSA) is 38.3 Å². The number of benzene rings is 1. The lowest BCUT2D eigenvalue weighted by molar-refractivity contribution is -0.131. The van der Waals surface area contributed by atoms with Gasteiger partial charge in [0.1, 0.15) is 5.75 Å². The molecule has 0 spiro atoms. The van der Waals surface area contributed by atoms with Crippen LogP contribution in [-0.2, 0) is 17.8 Å². The molecule has 0 radical (unpaired) electrons. The summed E-state index contributed by atoms with van der Waals surface area (Å²) < 4.78 is 5.13. The van der Waals surface area contributed by atoms with Crippen LogP contribution >= 0.6 is 0 Å². The van der Waals surface area contributed by atoms with Gasteiger partial charge in [0.25, 0.3) is 0 Å². The molecular weight excluding hydrogens is 178 g/mol. The molecule has 0 aromatic heterocycles. The Morgan fingerprint density at radius 3 is 3.14 bits per heavy atom. The van der Waals surface area contributed by atoms with E-state index in [2.05, 4.69) is 11.4 Å². The molecule has 1 aliphatic rings. The fourth-order valence-electron chi connectivity index (χ4n) is 1.73. The zero-order valence-corrected chi connectivity index (χ0v) is 8.17. The molecule has 1 heterocycles. The zero-order valence-electron chi connectivity index (χ0n) is 8.17. The fourth-order valence-corrected chi connectivity index (χ4v) is 1.73. The van der Waals surface area contributed by atoms with Crippen molar-refractivity contribution in [3.8, 4) is 5.75 Å². The zero-order chi connectivity index (χ0) is 9.97. The summed E-state index contributed by atoms with van der Waals surface area (Å²) in [4.78, 5) is 10.9. The van der Waals surface area contributed by atoms with Gasteiger partial charge in [-0.05, 0) is 24.6 Å². The van der Waals surface area contributed by atoms with E-state index in [4.69, 9.17) is 4.74 Å². The molecule has 3 heteroatoms. The fraction of sp³-hybridized carbons (Fsp3) is 0.364. The van der Waals surface area contributed by atoms with Gasteiger partial charge in [-0.2, -0.15) is 0 Å². The molecule has 14 heavy (non-hydrogen) atoms. The molecule has 0 saturated carbocycles. The predicted molar refractivity (Wildman–Crippen MR) is 53.2 cm³/mol. The number of rotatable bonds is 1. The van der Waals surface area contributed by atoms with Gasteiger partial charge in [0.05, 0.1) is 0 Å². The number of hydrogen-bond donors (Lipinski definition) is 1. The summed E-state index contributed by atoms with van der Waals surface area (Å²) >= 11 is 0. The Morgan fingerprint density at radius 2 is 2.36 bits per heavy atom. The lowest BCUT2D eigenvalue weighted by Crippen LogP contribution is -2.24. The highest BCUT2D eigenvalue weighted by atomic mass is 16.5. The maximum absolute atomic E-state index is 10.9. The van der Waals surface area contributed by atoms with Crippen molar-refractivity contribution in [1.82, 2.24) is 5.32 Å². The van der Waals surface area contributed by atoms with E-state index in [1.165, 1.54) is 12.5 Å². The summed E-state index contributed by atoms with van der Waals surface area (Å²) in [7, 11) is 0. The highest BCUT2D eigenvalue weighted by Gasteiger charge is 2.13. The Bertz CT molecular complexity index is 360. The molecule has 0 bridgehead atoms. The number of carbonyl (C=O) groups excluding carboxylic acids is 1. The van der Waals surface area contributed by atoms with E-state index in [1.54, 1.807) is 0 Å². The third kappa shape index (κ3) is 1.77. The first-order valence-electron chi connectivity index (χ1n) is 4.77. The van der Waals surface area contributed by atoms with Crippen molar-refractivity contribution in [1.29, 1.82) is 0 Å². The quantitative estimate of drug-likeness (QED) is 0.536. The number of hydrogen-bond acceptors (Lipinski definition) is 3. The van der Waals surface area contributed by atoms with Crippen LogP contribution in [0.1, 0.15) is 18.1 Å². The molecule has 0 aliphatic carbocycles. The normalized spacial score (nSPS) is 14.6. The lowest BCUT2D eigenvalue weighted by atomic mass is 10.0. The van der Waals surface area contributed by atoms with Gasteiger partial charge in [-0.1, -0.05) is 12.1 Å². The third-order valence-corrected chi connectivity index (χ3v) is 2.36. The van der Waals surface area contributed by atoms with Crippen LogP contribution in [0, 0.1) is 0 Å². The Balaban J connectivity index is 2.35. The summed E-state index contributed by atoms with van der Waals surface area (Å²) in [5.41, 5.74) is 2.40. The van der Waals surface area contributed by atoms with Crippen LogP contribution in [0.25, 0.3) is 0 Å². The lowest BCUT2D eigenvalue weighted by Gasteiger charge is -2.19. The second kappa shape index (κ2) is 3.80. The second-order valence-corrected chi connectivity index (χ2v) is 3.41. The Kier molecular flexibility index (Phi) is 2.50. The summed E-state index contributed by atoms with van der Waals surface area (Å²) in [6.07, 6.45) is 1.00. The van der Waals surface area contributed by atoms with Crippen molar-refractivity contribution in [2.24, 2.45) is 0 Å². The summed E-state index contributed by atoms with van der Waals surface area (Å²) in [5.74, 6) is 0.436.